The van der Waals surface area contributed by atoms with Crippen molar-refractivity contribution in [1.82, 2.24) is 0 Å². The molecule has 0 bridgehead atoms. The van der Waals surface area contributed by atoms with Crippen LogP contribution >= 0.6 is 11.8 Å². The summed E-state index contributed by atoms with van der Waals surface area (Å²) in [5.41, 5.74) is 10.1. The summed E-state index contributed by atoms with van der Waals surface area (Å²) in [5, 5.41) is 0.635. The predicted molar refractivity (Wildman–Crippen MR) is 71.9 cm³/mol. The molecule has 1 rings (SSSR count). The molecule has 0 aromatic heterocycles. The molecule has 0 aliphatic carbocycles. The van der Waals surface area contributed by atoms with Crippen LogP contribution in [0.4, 0.5) is 0 Å². The van der Waals surface area contributed by atoms with Crippen LogP contribution in [0.2, 0.25) is 0 Å². The van der Waals surface area contributed by atoms with Gasteiger partial charge in [0, 0.05) is 11.9 Å². The van der Waals surface area contributed by atoms with Gasteiger partial charge in [-0.25, -0.2) is 0 Å². The Kier molecular flexibility index (Phi) is 5.76. The maximum Gasteiger partial charge on any atom is 0.237 e. The molecular weight excluding hydrogens is 236 g/mol. The third-order valence-electron chi connectivity index (χ3n) is 3.29. The Bertz CT molecular complexity index is 259. The number of carbonyl (C=O) groups excluding carboxylic acids is 1. The second-order valence-electron chi connectivity index (χ2n) is 5.01. The molecule has 100 valence electrons. The summed E-state index contributed by atoms with van der Waals surface area (Å²) in [5.74, 6) is 0.690. The number of hydrogen-bond acceptors (Lipinski definition) is 4. The molecule has 1 saturated heterocycles. The largest absolute Gasteiger partial charge is 0.377 e. The fraction of sp³-hybridized carbons (Fsp3) is 0.917. The fourth-order valence-corrected chi connectivity index (χ4v) is 3.17. The molecule has 3 unspecified atom stereocenters. The summed E-state index contributed by atoms with van der Waals surface area (Å²) in [4.78, 5) is 11.0. The molecule has 1 aliphatic heterocycles. The van der Waals surface area contributed by atoms with Gasteiger partial charge in [-0.15, -0.1) is 0 Å². The molecule has 1 amide bonds. The van der Waals surface area contributed by atoms with E-state index in [1.165, 1.54) is 0 Å². The van der Waals surface area contributed by atoms with Gasteiger partial charge in [-0.3, -0.25) is 4.79 Å². The van der Waals surface area contributed by atoms with E-state index in [1.807, 2.05) is 11.8 Å². The average molecular weight is 260 g/mol. The Balaban J connectivity index is 2.07. The SMILES string of the molecule is CC1OCCC1SCCCCC(C)(N)C(N)=O. The van der Waals surface area contributed by atoms with Crippen LogP contribution in [0.25, 0.3) is 0 Å². The number of hydrogen-bond donors (Lipinski definition) is 2. The van der Waals surface area contributed by atoms with Crippen molar-refractivity contribution in [3.63, 3.8) is 0 Å². The van der Waals surface area contributed by atoms with Crippen LogP contribution in [0.3, 0.4) is 0 Å². The van der Waals surface area contributed by atoms with Gasteiger partial charge in [0.15, 0.2) is 0 Å². The lowest BCUT2D eigenvalue weighted by Crippen LogP contribution is -2.49. The summed E-state index contributed by atoms with van der Waals surface area (Å²) >= 11 is 1.97. The van der Waals surface area contributed by atoms with E-state index in [1.54, 1.807) is 6.92 Å². The number of rotatable bonds is 7. The van der Waals surface area contributed by atoms with Crippen molar-refractivity contribution < 1.29 is 9.53 Å². The van der Waals surface area contributed by atoms with E-state index >= 15 is 0 Å². The molecule has 5 heteroatoms. The molecular formula is C12H24N2O2S. The maximum absolute atomic E-state index is 11.0. The number of primary amides is 1. The van der Waals surface area contributed by atoms with E-state index in [0.717, 1.165) is 31.6 Å². The first-order chi connectivity index (χ1) is 7.93. The van der Waals surface area contributed by atoms with Gasteiger partial charge in [0.2, 0.25) is 5.91 Å². The van der Waals surface area contributed by atoms with Crippen LogP contribution in [-0.2, 0) is 9.53 Å². The summed E-state index contributed by atoms with van der Waals surface area (Å²) < 4.78 is 5.51. The third kappa shape index (κ3) is 4.85. The summed E-state index contributed by atoms with van der Waals surface area (Å²) in [6, 6.07) is 0. The highest BCUT2D eigenvalue weighted by molar-refractivity contribution is 7.99. The van der Waals surface area contributed by atoms with Crippen molar-refractivity contribution >= 4 is 17.7 Å². The molecule has 3 atom stereocenters. The molecule has 0 saturated carbocycles. The summed E-state index contributed by atoms with van der Waals surface area (Å²) in [7, 11) is 0. The van der Waals surface area contributed by atoms with Gasteiger partial charge in [-0.05, 0) is 38.9 Å². The number of ether oxygens (including phenoxy) is 1. The average Bonchev–Trinajstić information content (AvgIpc) is 2.63. The van der Waals surface area contributed by atoms with Crippen LogP contribution in [0, 0.1) is 0 Å². The lowest BCUT2D eigenvalue weighted by molar-refractivity contribution is -0.122. The first-order valence-corrected chi connectivity index (χ1v) is 7.30. The van der Waals surface area contributed by atoms with Gasteiger partial charge in [-0.2, -0.15) is 11.8 Å². The second kappa shape index (κ2) is 6.61. The number of amides is 1. The lowest BCUT2D eigenvalue weighted by Gasteiger charge is -2.20. The molecule has 1 aliphatic rings. The van der Waals surface area contributed by atoms with E-state index < -0.39 is 11.4 Å². The maximum atomic E-state index is 11.0. The zero-order valence-corrected chi connectivity index (χ0v) is 11.6. The zero-order valence-electron chi connectivity index (χ0n) is 10.8. The van der Waals surface area contributed by atoms with Gasteiger partial charge in [0.05, 0.1) is 11.6 Å². The number of carbonyl (C=O) groups is 1. The van der Waals surface area contributed by atoms with Crippen molar-refractivity contribution in [3.8, 4) is 0 Å². The smallest absolute Gasteiger partial charge is 0.237 e. The Morgan fingerprint density at radius 3 is 2.76 bits per heavy atom. The summed E-state index contributed by atoms with van der Waals surface area (Å²) in [6.07, 6.45) is 4.23. The van der Waals surface area contributed by atoms with Crippen molar-refractivity contribution in [1.29, 1.82) is 0 Å². The Labute approximate surface area is 108 Å². The molecule has 0 spiro atoms. The molecule has 0 aromatic carbocycles. The first-order valence-electron chi connectivity index (χ1n) is 6.25. The normalized spacial score (nSPS) is 27.9. The van der Waals surface area contributed by atoms with Crippen LogP contribution in [0.5, 0.6) is 0 Å². The molecule has 1 fully saturated rings. The van der Waals surface area contributed by atoms with Crippen LogP contribution in [0.1, 0.15) is 39.5 Å². The highest BCUT2D eigenvalue weighted by Gasteiger charge is 2.26. The van der Waals surface area contributed by atoms with Gasteiger partial charge in [-0.1, -0.05) is 6.42 Å². The highest BCUT2D eigenvalue weighted by atomic mass is 32.2. The first kappa shape index (κ1) is 14.8. The van der Waals surface area contributed by atoms with Gasteiger partial charge >= 0.3 is 0 Å². The Morgan fingerprint density at radius 2 is 2.24 bits per heavy atom. The fourth-order valence-electron chi connectivity index (χ4n) is 1.88. The molecule has 4 N–H and O–H groups in total. The highest BCUT2D eigenvalue weighted by Crippen LogP contribution is 2.27. The van der Waals surface area contributed by atoms with Crippen LogP contribution < -0.4 is 11.5 Å². The number of unbranched alkanes of at least 4 members (excludes halogenated alkanes) is 1. The molecule has 0 aromatic rings. The van der Waals surface area contributed by atoms with E-state index in [9.17, 15) is 4.79 Å². The number of nitrogens with two attached hydrogens (primary N) is 2. The quantitative estimate of drug-likeness (QED) is 0.676. The molecule has 17 heavy (non-hydrogen) atoms. The van der Waals surface area contributed by atoms with Crippen molar-refractivity contribution in [2.45, 2.75) is 56.4 Å². The van der Waals surface area contributed by atoms with Crippen molar-refractivity contribution in [3.05, 3.63) is 0 Å². The van der Waals surface area contributed by atoms with Gasteiger partial charge < -0.3 is 16.2 Å². The number of thioether (sulfide) groups is 1. The minimum atomic E-state index is -0.853. The van der Waals surface area contributed by atoms with E-state index in [-0.39, 0.29) is 0 Å². The zero-order chi connectivity index (χ0) is 12.9. The minimum Gasteiger partial charge on any atom is -0.377 e. The Hall–Kier alpha value is -0.260. The standard InChI is InChI=1S/C12H24N2O2S/c1-9-10(5-7-16-9)17-8-4-3-6-12(2,14)11(13)15/h9-10H,3-8,14H2,1-2H3,(H2,13,15). The molecule has 4 nitrogen and oxygen atoms in total. The van der Waals surface area contributed by atoms with E-state index in [2.05, 4.69) is 6.92 Å². The third-order valence-corrected chi connectivity index (χ3v) is 4.86. The minimum absolute atomic E-state index is 0.380. The second-order valence-corrected chi connectivity index (χ2v) is 6.36. The van der Waals surface area contributed by atoms with Crippen molar-refractivity contribution in [2.24, 2.45) is 11.5 Å². The Morgan fingerprint density at radius 1 is 1.53 bits per heavy atom. The van der Waals surface area contributed by atoms with Crippen molar-refractivity contribution in [2.75, 3.05) is 12.4 Å². The topological polar surface area (TPSA) is 78.3 Å². The van der Waals surface area contributed by atoms with E-state index in [0.29, 0.717) is 17.8 Å². The van der Waals surface area contributed by atoms with Gasteiger partial charge in [0.1, 0.15) is 0 Å². The molecule has 0 radical (unpaired) electrons. The monoisotopic (exact) mass is 260 g/mol. The van der Waals surface area contributed by atoms with Gasteiger partial charge in [0.25, 0.3) is 0 Å². The molecule has 1 heterocycles. The van der Waals surface area contributed by atoms with Crippen LogP contribution in [-0.4, -0.2) is 35.2 Å². The van der Waals surface area contributed by atoms with E-state index in [4.69, 9.17) is 16.2 Å². The summed E-state index contributed by atoms with van der Waals surface area (Å²) in [6.45, 7) is 4.73. The lowest BCUT2D eigenvalue weighted by atomic mass is 9.96. The van der Waals surface area contributed by atoms with Crippen LogP contribution in [0.15, 0.2) is 0 Å². The predicted octanol–water partition coefficient (Wildman–Crippen LogP) is 1.27.